The maximum absolute atomic E-state index is 4.39. The number of nitrogens with one attached hydrogen (secondary N) is 1. The van der Waals surface area contributed by atoms with Gasteiger partial charge in [0.2, 0.25) is 0 Å². The van der Waals surface area contributed by atoms with Crippen LogP contribution < -0.4 is 5.32 Å². The molecule has 1 aliphatic carbocycles. The lowest BCUT2D eigenvalue weighted by Gasteiger charge is -2.23. The van der Waals surface area contributed by atoms with E-state index >= 15 is 0 Å². The van der Waals surface area contributed by atoms with Gasteiger partial charge in [0.1, 0.15) is 6.33 Å². The Labute approximate surface area is 96.7 Å². The summed E-state index contributed by atoms with van der Waals surface area (Å²) in [6.07, 6.45) is 9.43. The zero-order valence-electron chi connectivity index (χ0n) is 9.65. The molecule has 2 fully saturated rings. The van der Waals surface area contributed by atoms with Crippen molar-refractivity contribution in [3.63, 3.8) is 0 Å². The Morgan fingerprint density at radius 3 is 2.88 bits per heavy atom. The van der Waals surface area contributed by atoms with Gasteiger partial charge in [-0.15, -0.1) is 0 Å². The molecular weight excluding hydrogens is 198 g/mol. The quantitative estimate of drug-likeness (QED) is 0.842. The van der Waals surface area contributed by atoms with Crippen molar-refractivity contribution in [2.24, 2.45) is 0 Å². The molecule has 1 N–H and O–H groups in total. The lowest BCUT2D eigenvalue weighted by atomic mass is 10.00. The summed E-state index contributed by atoms with van der Waals surface area (Å²) in [6, 6.07) is 2.85. The fraction of sp³-hybridized carbons (Fsp3) is 0.692. The summed E-state index contributed by atoms with van der Waals surface area (Å²) in [5, 5.41) is 3.57. The van der Waals surface area contributed by atoms with Crippen LogP contribution >= 0.6 is 0 Å². The van der Waals surface area contributed by atoms with Crippen LogP contribution in [0.15, 0.2) is 12.4 Å². The first-order valence-corrected chi connectivity index (χ1v) is 6.46. The SMILES string of the molecule is c1nc(CC2CCCCN2)cc(C2CC2)n1. The van der Waals surface area contributed by atoms with E-state index in [2.05, 4.69) is 21.4 Å². The van der Waals surface area contributed by atoms with Crippen molar-refractivity contribution in [2.45, 2.75) is 50.5 Å². The average molecular weight is 217 g/mol. The first kappa shape index (κ1) is 10.2. The number of piperidine rings is 1. The molecule has 1 aliphatic heterocycles. The van der Waals surface area contributed by atoms with E-state index in [0.717, 1.165) is 12.3 Å². The second-order valence-electron chi connectivity index (χ2n) is 5.06. The van der Waals surface area contributed by atoms with Crippen molar-refractivity contribution in [3.05, 3.63) is 23.8 Å². The topological polar surface area (TPSA) is 37.8 Å². The zero-order chi connectivity index (χ0) is 10.8. The van der Waals surface area contributed by atoms with E-state index in [1.807, 2.05) is 0 Å². The molecule has 1 saturated heterocycles. The van der Waals surface area contributed by atoms with Crippen LogP contribution in [-0.4, -0.2) is 22.6 Å². The molecule has 1 aromatic heterocycles. The van der Waals surface area contributed by atoms with Gasteiger partial charge in [-0.25, -0.2) is 9.97 Å². The molecule has 0 radical (unpaired) electrons. The Morgan fingerprint density at radius 1 is 1.19 bits per heavy atom. The molecule has 0 amide bonds. The minimum absolute atomic E-state index is 0.635. The Bertz CT molecular complexity index is 354. The third kappa shape index (κ3) is 2.40. The van der Waals surface area contributed by atoms with Crippen LogP contribution in [0.1, 0.15) is 49.4 Å². The fourth-order valence-corrected chi connectivity index (χ4v) is 2.48. The van der Waals surface area contributed by atoms with Gasteiger partial charge in [0.05, 0.1) is 0 Å². The highest BCUT2D eigenvalue weighted by Crippen LogP contribution is 2.38. The van der Waals surface area contributed by atoms with Crippen LogP contribution in [0.5, 0.6) is 0 Å². The van der Waals surface area contributed by atoms with Crippen LogP contribution in [0.3, 0.4) is 0 Å². The molecule has 0 aromatic carbocycles. The highest BCUT2D eigenvalue weighted by Gasteiger charge is 2.25. The molecule has 1 atom stereocenters. The number of nitrogens with zero attached hydrogens (tertiary/aromatic N) is 2. The standard InChI is InChI=1S/C13H19N3/c1-2-6-14-11(3-1)7-12-8-13(10-4-5-10)16-9-15-12/h8-11,14H,1-7H2. The maximum Gasteiger partial charge on any atom is 0.115 e. The third-order valence-corrected chi connectivity index (χ3v) is 3.61. The minimum Gasteiger partial charge on any atom is -0.314 e. The molecule has 1 saturated carbocycles. The van der Waals surface area contributed by atoms with E-state index in [9.17, 15) is 0 Å². The predicted octanol–water partition coefficient (Wildman–Crippen LogP) is 2.04. The second-order valence-corrected chi connectivity index (χ2v) is 5.06. The maximum atomic E-state index is 4.39. The van der Waals surface area contributed by atoms with Gasteiger partial charge in [-0.3, -0.25) is 0 Å². The van der Waals surface area contributed by atoms with Gasteiger partial charge in [-0.1, -0.05) is 6.42 Å². The molecule has 1 aromatic rings. The van der Waals surface area contributed by atoms with Gasteiger partial charge >= 0.3 is 0 Å². The second kappa shape index (κ2) is 4.50. The van der Waals surface area contributed by atoms with Crippen molar-refractivity contribution >= 4 is 0 Å². The van der Waals surface area contributed by atoms with Crippen LogP contribution in [-0.2, 0) is 6.42 Å². The Morgan fingerprint density at radius 2 is 2.12 bits per heavy atom. The average Bonchev–Trinajstić information content (AvgIpc) is 3.15. The summed E-state index contributed by atoms with van der Waals surface area (Å²) >= 11 is 0. The number of hydrogen-bond acceptors (Lipinski definition) is 3. The first-order chi connectivity index (χ1) is 7.92. The van der Waals surface area contributed by atoms with Gasteiger partial charge in [0.25, 0.3) is 0 Å². The third-order valence-electron chi connectivity index (χ3n) is 3.61. The van der Waals surface area contributed by atoms with Gasteiger partial charge < -0.3 is 5.32 Å². The van der Waals surface area contributed by atoms with Crippen molar-refractivity contribution < 1.29 is 0 Å². The van der Waals surface area contributed by atoms with E-state index in [1.165, 1.54) is 50.0 Å². The lowest BCUT2D eigenvalue weighted by molar-refractivity contribution is 0.397. The molecule has 0 bridgehead atoms. The van der Waals surface area contributed by atoms with E-state index in [-0.39, 0.29) is 0 Å². The minimum atomic E-state index is 0.635. The summed E-state index contributed by atoms with van der Waals surface area (Å²) in [5.41, 5.74) is 2.48. The summed E-state index contributed by atoms with van der Waals surface area (Å²) in [6.45, 7) is 1.17. The van der Waals surface area contributed by atoms with E-state index < -0.39 is 0 Å². The Kier molecular flexibility index (Phi) is 2.87. The van der Waals surface area contributed by atoms with Crippen LogP contribution in [0.2, 0.25) is 0 Å². The summed E-state index contributed by atoms with van der Waals surface area (Å²) < 4.78 is 0. The molecule has 3 rings (SSSR count). The van der Waals surface area contributed by atoms with Crippen molar-refractivity contribution in [2.75, 3.05) is 6.54 Å². The Hall–Kier alpha value is -0.960. The molecule has 3 nitrogen and oxygen atoms in total. The van der Waals surface area contributed by atoms with Crippen LogP contribution in [0.25, 0.3) is 0 Å². The summed E-state index contributed by atoms with van der Waals surface area (Å²) in [7, 11) is 0. The number of aromatic nitrogens is 2. The summed E-state index contributed by atoms with van der Waals surface area (Å²) in [4.78, 5) is 8.76. The highest BCUT2D eigenvalue weighted by atomic mass is 14.9. The lowest BCUT2D eigenvalue weighted by Crippen LogP contribution is -2.35. The monoisotopic (exact) mass is 217 g/mol. The van der Waals surface area contributed by atoms with Gasteiger partial charge in [-0.05, 0) is 38.3 Å². The number of hydrogen-bond donors (Lipinski definition) is 1. The Balaban J connectivity index is 1.66. The van der Waals surface area contributed by atoms with E-state index in [1.54, 1.807) is 6.33 Å². The number of rotatable bonds is 3. The van der Waals surface area contributed by atoms with Crippen molar-refractivity contribution in [1.82, 2.24) is 15.3 Å². The predicted molar refractivity (Wildman–Crippen MR) is 63.4 cm³/mol. The summed E-state index contributed by atoms with van der Waals surface area (Å²) in [5.74, 6) is 0.737. The zero-order valence-corrected chi connectivity index (χ0v) is 9.65. The van der Waals surface area contributed by atoms with E-state index in [4.69, 9.17) is 0 Å². The normalized spacial score (nSPS) is 25.6. The fourth-order valence-electron chi connectivity index (χ4n) is 2.48. The van der Waals surface area contributed by atoms with Gasteiger partial charge in [0, 0.05) is 29.8 Å². The van der Waals surface area contributed by atoms with Crippen LogP contribution in [0.4, 0.5) is 0 Å². The van der Waals surface area contributed by atoms with E-state index in [0.29, 0.717) is 6.04 Å². The smallest absolute Gasteiger partial charge is 0.115 e. The van der Waals surface area contributed by atoms with Gasteiger partial charge in [0.15, 0.2) is 0 Å². The van der Waals surface area contributed by atoms with Crippen molar-refractivity contribution in [3.8, 4) is 0 Å². The highest BCUT2D eigenvalue weighted by molar-refractivity contribution is 5.17. The molecule has 86 valence electrons. The molecular formula is C13H19N3. The molecule has 0 spiro atoms. The van der Waals surface area contributed by atoms with Crippen LogP contribution in [0, 0.1) is 0 Å². The molecule has 3 heteroatoms. The largest absolute Gasteiger partial charge is 0.314 e. The molecule has 2 aliphatic rings. The molecule has 16 heavy (non-hydrogen) atoms. The molecule has 1 unspecified atom stereocenters. The van der Waals surface area contributed by atoms with Gasteiger partial charge in [-0.2, -0.15) is 0 Å². The molecule has 2 heterocycles. The van der Waals surface area contributed by atoms with Crippen molar-refractivity contribution in [1.29, 1.82) is 0 Å². The first-order valence-electron chi connectivity index (χ1n) is 6.46.